The second-order valence-electron chi connectivity index (χ2n) is 13.6. The third kappa shape index (κ3) is 4.67. The number of ketones is 4. The Hall–Kier alpha value is -5.99. The summed E-state index contributed by atoms with van der Waals surface area (Å²) in [5.74, 6) is -10.4. The van der Waals surface area contributed by atoms with E-state index < -0.39 is 86.2 Å². The molecule has 1 amide bonds. The van der Waals surface area contributed by atoms with Crippen LogP contribution in [0.25, 0.3) is 16.9 Å². The highest BCUT2D eigenvalue weighted by Gasteiger charge is 2.64. The van der Waals surface area contributed by atoms with Gasteiger partial charge in [-0.2, -0.15) is 0 Å². The zero-order valence-corrected chi connectivity index (χ0v) is 27.2. The van der Waals surface area contributed by atoms with Gasteiger partial charge in [0.25, 0.3) is 11.6 Å². The van der Waals surface area contributed by atoms with Crippen LogP contribution in [0.3, 0.4) is 0 Å². The van der Waals surface area contributed by atoms with Crippen LogP contribution in [-0.4, -0.2) is 85.0 Å². The van der Waals surface area contributed by atoms with E-state index in [0.29, 0.717) is 11.1 Å². The van der Waals surface area contributed by atoms with Crippen LogP contribution >= 0.6 is 0 Å². The third-order valence-electron chi connectivity index (χ3n) is 10.7. The number of nitro groups is 1. The minimum absolute atomic E-state index is 0.0231. The fraction of sp³-hybridized carbons (Fsp3) is 0.270. The van der Waals surface area contributed by atoms with Crippen LogP contribution in [0, 0.1) is 27.9 Å². The van der Waals surface area contributed by atoms with Crippen molar-refractivity contribution in [2.75, 3.05) is 14.1 Å². The number of aliphatic hydroxyl groups excluding tert-OH is 2. The van der Waals surface area contributed by atoms with Crippen molar-refractivity contribution < 1.29 is 49.3 Å². The van der Waals surface area contributed by atoms with Crippen LogP contribution in [0.5, 0.6) is 5.75 Å². The molecule has 14 heteroatoms. The van der Waals surface area contributed by atoms with Gasteiger partial charge in [-0.25, -0.2) is 0 Å². The number of fused-ring (bicyclic) bond motifs is 4. The number of phenolic OH excluding ortho intramolecular Hbond substituents is 1. The van der Waals surface area contributed by atoms with Crippen LogP contribution in [0.1, 0.15) is 43.8 Å². The molecule has 0 aromatic heterocycles. The maximum Gasteiger partial charge on any atom is 0.270 e. The van der Waals surface area contributed by atoms with E-state index >= 15 is 0 Å². The molecule has 1 fully saturated rings. The molecule has 0 bridgehead atoms. The number of primary amides is 1. The predicted octanol–water partition coefficient (Wildman–Crippen LogP) is 2.78. The summed E-state index contributed by atoms with van der Waals surface area (Å²) in [7, 11) is 2.98. The zero-order chi connectivity index (χ0) is 36.8. The number of non-ortho nitro benzene ring substituents is 1. The largest absolute Gasteiger partial charge is 0.508 e. The maximum atomic E-state index is 14.4. The van der Waals surface area contributed by atoms with Crippen LogP contribution in [-0.2, 0) is 27.2 Å². The van der Waals surface area contributed by atoms with Gasteiger partial charge in [0.1, 0.15) is 22.8 Å². The minimum Gasteiger partial charge on any atom is -0.508 e. The van der Waals surface area contributed by atoms with E-state index in [0.717, 1.165) is 0 Å². The molecule has 51 heavy (non-hydrogen) atoms. The third-order valence-corrected chi connectivity index (χ3v) is 10.7. The molecule has 0 unspecified atom stereocenters. The van der Waals surface area contributed by atoms with Gasteiger partial charge in [-0.05, 0) is 67.6 Å². The molecule has 4 aliphatic carbocycles. The molecular weight excluding hydrogens is 662 g/mol. The molecule has 0 spiro atoms. The molecule has 4 atom stereocenters. The van der Waals surface area contributed by atoms with Crippen molar-refractivity contribution in [1.29, 1.82) is 0 Å². The Kier molecular flexibility index (Phi) is 7.58. The fourth-order valence-corrected chi connectivity index (χ4v) is 8.38. The Bertz CT molecular complexity index is 2200. The van der Waals surface area contributed by atoms with E-state index in [4.69, 9.17) is 5.73 Å². The van der Waals surface area contributed by atoms with Gasteiger partial charge >= 0.3 is 0 Å². The first kappa shape index (κ1) is 33.5. The lowest BCUT2D eigenvalue weighted by Crippen LogP contribution is -2.65. The van der Waals surface area contributed by atoms with Crippen molar-refractivity contribution in [2.24, 2.45) is 23.5 Å². The molecule has 4 aliphatic rings. The fourth-order valence-electron chi connectivity index (χ4n) is 8.38. The highest BCUT2D eigenvalue weighted by molar-refractivity contribution is 6.27. The molecule has 0 radical (unpaired) electrons. The minimum atomic E-state index is -2.85. The van der Waals surface area contributed by atoms with E-state index in [2.05, 4.69) is 0 Å². The highest BCUT2D eigenvalue weighted by Crippen LogP contribution is 2.54. The smallest absolute Gasteiger partial charge is 0.270 e. The van der Waals surface area contributed by atoms with E-state index in [9.17, 15) is 54.5 Å². The lowest BCUT2D eigenvalue weighted by atomic mass is 9.57. The van der Waals surface area contributed by atoms with Gasteiger partial charge in [-0.15, -0.1) is 0 Å². The number of aromatic hydroxyl groups is 1. The average molecular weight is 694 g/mol. The van der Waals surface area contributed by atoms with Crippen molar-refractivity contribution in [3.63, 3.8) is 0 Å². The number of nitrogens with two attached hydrogens (primary N) is 1. The second-order valence-corrected chi connectivity index (χ2v) is 13.6. The van der Waals surface area contributed by atoms with Crippen LogP contribution in [0.2, 0.25) is 0 Å². The number of benzene rings is 3. The van der Waals surface area contributed by atoms with Crippen LogP contribution in [0.15, 0.2) is 71.5 Å². The van der Waals surface area contributed by atoms with Crippen molar-refractivity contribution in [1.82, 2.24) is 4.90 Å². The number of likely N-dealkylation sites (N-methyl/N-ethyl adjacent to an activating group) is 1. The standard InChI is InChI=1S/C37H31N3O11/c1-39(2)28-24-14-16-11-22-21(15-6-5-7-18(10-15)40(50)51)12-17(13-23-30(42)19-8-3-4-9-20(19)31(23)43)29(41)26(22)32(44)25(16)34(46)37(24,49)35(47)27(33(28)45)36(38)48/h3-10,12,16,23-24,28,41,44,47,49H,11,13-14H2,1-2H3,(H2,38,48)/t16-,24-,28-,37-/m0/s1. The zero-order valence-electron chi connectivity index (χ0n) is 27.2. The van der Waals surface area contributed by atoms with E-state index in [1.54, 1.807) is 18.2 Å². The van der Waals surface area contributed by atoms with Gasteiger partial charge in [0.15, 0.2) is 23.0 Å². The monoisotopic (exact) mass is 693 g/mol. The summed E-state index contributed by atoms with van der Waals surface area (Å²) in [5, 5.41) is 58.6. The summed E-state index contributed by atoms with van der Waals surface area (Å²) in [6.45, 7) is 0. The van der Waals surface area contributed by atoms with E-state index in [1.165, 1.54) is 55.4 Å². The molecule has 0 heterocycles. The Morgan fingerprint density at radius 1 is 0.961 bits per heavy atom. The summed E-state index contributed by atoms with van der Waals surface area (Å²) in [5.41, 5.74) is 2.04. The normalized spacial score (nSPS) is 24.4. The summed E-state index contributed by atoms with van der Waals surface area (Å²) >= 11 is 0. The second kappa shape index (κ2) is 11.5. The predicted molar refractivity (Wildman–Crippen MR) is 179 cm³/mol. The summed E-state index contributed by atoms with van der Waals surface area (Å²) in [6.07, 6.45) is -0.559. The number of amides is 1. The Morgan fingerprint density at radius 3 is 2.20 bits per heavy atom. The number of nitro benzene ring substituents is 1. The SMILES string of the molecule is CN(C)[C@@H]1C(=O)C(C(N)=O)=C(O)[C@@]2(O)C(=O)C3=C(O)c4c(O)c(CC5C(=O)c6ccccc6C5=O)cc(-c5cccc([N+](=O)[O-])c5)c4C[C@H]3C[C@@H]12. The summed E-state index contributed by atoms with van der Waals surface area (Å²) in [4.78, 5) is 79.4. The Balaban J connectivity index is 1.44. The molecular formula is C37H31N3O11. The van der Waals surface area contributed by atoms with Gasteiger partial charge in [0.2, 0.25) is 5.78 Å². The number of hydrogen-bond acceptors (Lipinski definition) is 12. The Labute approximate surface area is 289 Å². The highest BCUT2D eigenvalue weighted by atomic mass is 16.6. The number of carbonyl (C=O) groups is 5. The molecule has 0 aliphatic heterocycles. The summed E-state index contributed by atoms with van der Waals surface area (Å²) < 4.78 is 0. The molecule has 260 valence electrons. The van der Waals surface area contributed by atoms with Crippen LogP contribution in [0.4, 0.5) is 5.69 Å². The van der Waals surface area contributed by atoms with Gasteiger partial charge in [0.05, 0.1) is 22.4 Å². The number of hydrogen-bond donors (Lipinski definition) is 5. The van der Waals surface area contributed by atoms with Crippen molar-refractivity contribution in [2.45, 2.75) is 30.9 Å². The first-order chi connectivity index (χ1) is 24.1. The molecule has 0 saturated heterocycles. The number of aliphatic hydroxyl groups is 3. The first-order valence-electron chi connectivity index (χ1n) is 16.0. The number of phenols is 1. The van der Waals surface area contributed by atoms with E-state index in [-0.39, 0.29) is 58.3 Å². The average Bonchev–Trinajstić information content (AvgIpc) is 3.32. The van der Waals surface area contributed by atoms with Crippen LogP contribution < -0.4 is 5.73 Å². The number of carbonyl (C=O) groups excluding carboxylic acids is 5. The van der Waals surface area contributed by atoms with Crippen molar-refractivity contribution in [3.05, 3.63) is 109 Å². The molecule has 3 aromatic rings. The quantitative estimate of drug-likeness (QED) is 0.108. The summed E-state index contributed by atoms with van der Waals surface area (Å²) in [6, 6.07) is 12.1. The molecule has 6 N–H and O–H groups in total. The number of Topliss-reactive ketones (excluding diaryl/α,β-unsaturated/α-hetero) is 4. The Morgan fingerprint density at radius 2 is 1.61 bits per heavy atom. The molecule has 3 aromatic carbocycles. The number of nitrogens with zero attached hydrogens (tertiary/aromatic N) is 2. The lowest BCUT2D eigenvalue weighted by Gasteiger charge is -2.50. The molecule has 14 nitrogen and oxygen atoms in total. The number of rotatable bonds is 6. The molecule has 7 rings (SSSR count). The van der Waals surface area contributed by atoms with Gasteiger partial charge in [-0.1, -0.05) is 36.4 Å². The topological polar surface area (TPSA) is 239 Å². The van der Waals surface area contributed by atoms with Gasteiger partial charge < -0.3 is 26.2 Å². The van der Waals surface area contributed by atoms with E-state index in [1.807, 2.05) is 0 Å². The first-order valence-corrected chi connectivity index (χ1v) is 16.0. The van der Waals surface area contributed by atoms with Gasteiger partial charge in [0, 0.05) is 34.8 Å². The lowest BCUT2D eigenvalue weighted by molar-refractivity contribution is -0.384. The maximum absolute atomic E-state index is 14.4. The van der Waals surface area contributed by atoms with Gasteiger partial charge in [-0.3, -0.25) is 39.0 Å². The molecule has 1 saturated carbocycles. The van der Waals surface area contributed by atoms with Crippen molar-refractivity contribution >= 4 is 40.5 Å². The van der Waals surface area contributed by atoms with Crippen molar-refractivity contribution in [3.8, 4) is 16.9 Å².